The van der Waals surface area contributed by atoms with Crippen LogP contribution in [0.25, 0.3) is 0 Å². The largest absolute Gasteiger partial charge is 0.465 e. The highest BCUT2D eigenvalue weighted by molar-refractivity contribution is 7.99. The van der Waals surface area contributed by atoms with E-state index in [2.05, 4.69) is 65.7 Å². The minimum absolute atomic E-state index is 0.0607. The summed E-state index contributed by atoms with van der Waals surface area (Å²) in [7, 11) is 1.39. The minimum atomic E-state index is -0.376. The summed E-state index contributed by atoms with van der Waals surface area (Å²) in [5.74, 6) is 0.434. The van der Waals surface area contributed by atoms with Gasteiger partial charge in [0.2, 0.25) is 5.91 Å². The van der Waals surface area contributed by atoms with E-state index in [9.17, 15) is 9.59 Å². The lowest BCUT2D eigenvalue weighted by Gasteiger charge is -2.27. The van der Waals surface area contributed by atoms with Gasteiger partial charge in [-0.3, -0.25) is 9.69 Å². The van der Waals surface area contributed by atoms with Gasteiger partial charge in [0.1, 0.15) is 5.00 Å². The molecule has 5 nitrogen and oxygen atoms in total. The third-order valence-corrected chi connectivity index (χ3v) is 8.10. The second-order valence-corrected chi connectivity index (χ2v) is 10.7. The number of amides is 1. The van der Waals surface area contributed by atoms with Crippen molar-refractivity contribution in [1.29, 1.82) is 0 Å². The topological polar surface area (TPSA) is 58.6 Å². The summed E-state index contributed by atoms with van der Waals surface area (Å²) in [6.07, 6.45) is 1.96. The Kier molecular flexibility index (Phi) is 8.43. The van der Waals surface area contributed by atoms with Gasteiger partial charge in [-0.25, -0.2) is 4.79 Å². The van der Waals surface area contributed by atoms with Gasteiger partial charge in [-0.15, -0.1) is 23.1 Å². The van der Waals surface area contributed by atoms with Crippen molar-refractivity contribution >= 4 is 40.0 Å². The molecule has 0 bridgehead atoms. The number of methoxy groups -OCH3 is 1. The summed E-state index contributed by atoms with van der Waals surface area (Å²) in [5, 5.41) is 3.62. The molecule has 34 heavy (non-hydrogen) atoms. The molecule has 1 aliphatic heterocycles. The molecule has 0 radical (unpaired) electrons. The first-order chi connectivity index (χ1) is 16.5. The number of carbonyl (C=O) groups excluding carboxylic acids is 2. The molecular weight excluding hydrogens is 464 g/mol. The molecule has 178 valence electrons. The highest BCUT2D eigenvalue weighted by Gasteiger charge is 2.29. The van der Waals surface area contributed by atoms with Crippen LogP contribution >= 0.6 is 23.1 Å². The number of carbonyl (C=O) groups is 2. The number of thioether (sulfide) groups is 1. The number of rotatable bonds is 9. The molecule has 0 spiro atoms. The Morgan fingerprint density at radius 2 is 1.88 bits per heavy atom. The standard InChI is InChI=1S/C27H30N2O3S2/c1-19-10-12-21(13-11-19)33-16-6-9-24(30)28-26-25(27(31)32-2)22-14-15-29(18-23(22)34-26)17-20-7-4-3-5-8-20/h3-5,7-8,10-13H,6,9,14-18H2,1-2H3,(H,28,30). The van der Waals surface area contributed by atoms with Crippen LogP contribution in [0.1, 0.15) is 44.8 Å². The Morgan fingerprint density at radius 1 is 1.12 bits per heavy atom. The van der Waals surface area contributed by atoms with Crippen LogP contribution in [-0.4, -0.2) is 36.2 Å². The zero-order chi connectivity index (χ0) is 23.9. The van der Waals surface area contributed by atoms with E-state index in [1.165, 1.54) is 34.5 Å². The summed E-state index contributed by atoms with van der Waals surface area (Å²) in [4.78, 5) is 30.0. The number of nitrogens with zero attached hydrogens (tertiary/aromatic N) is 1. The molecule has 1 aliphatic rings. The molecule has 1 N–H and O–H groups in total. The van der Waals surface area contributed by atoms with Crippen LogP contribution in [-0.2, 0) is 29.0 Å². The van der Waals surface area contributed by atoms with Crippen LogP contribution in [0.4, 0.5) is 5.00 Å². The Labute approximate surface area is 209 Å². The van der Waals surface area contributed by atoms with Crippen LogP contribution in [0.5, 0.6) is 0 Å². The van der Waals surface area contributed by atoms with Gasteiger partial charge >= 0.3 is 5.97 Å². The lowest BCUT2D eigenvalue weighted by Crippen LogP contribution is -2.29. The number of thiophene rings is 1. The maximum atomic E-state index is 12.7. The van der Waals surface area contributed by atoms with Crippen molar-refractivity contribution in [3.8, 4) is 0 Å². The molecule has 0 aliphatic carbocycles. The third-order valence-electron chi connectivity index (χ3n) is 5.87. The summed E-state index contributed by atoms with van der Waals surface area (Å²) in [6.45, 7) is 4.57. The number of anilines is 1. The highest BCUT2D eigenvalue weighted by atomic mass is 32.2. The van der Waals surface area contributed by atoms with E-state index < -0.39 is 0 Å². The first-order valence-electron chi connectivity index (χ1n) is 11.5. The lowest BCUT2D eigenvalue weighted by atomic mass is 10.0. The van der Waals surface area contributed by atoms with Crippen molar-refractivity contribution in [2.75, 3.05) is 24.7 Å². The van der Waals surface area contributed by atoms with Crippen molar-refractivity contribution in [1.82, 2.24) is 4.90 Å². The van der Waals surface area contributed by atoms with Gasteiger partial charge in [0, 0.05) is 35.8 Å². The first kappa shape index (κ1) is 24.5. The molecule has 1 aromatic heterocycles. The fourth-order valence-electron chi connectivity index (χ4n) is 4.09. The van der Waals surface area contributed by atoms with E-state index in [4.69, 9.17) is 4.74 Å². The molecule has 0 saturated heterocycles. The molecule has 0 atom stereocenters. The quantitative estimate of drug-likeness (QED) is 0.228. The molecule has 7 heteroatoms. The number of fused-ring (bicyclic) bond motifs is 1. The van der Waals surface area contributed by atoms with E-state index in [1.807, 2.05) is 6.07 Å². The fourth-order valence-corrected chi connectivity index (χ4v) is 6.23. The maximum Gasteiger partial charge on any atom is 0.341 e. The van der Waals surface area contributed by atoms with E-state index in [-0.39, 0.29) is 11.9 Å². The van der Waals surface area contributed by atoms with Crippen LogP contribution in [0.15, 0.2) is 59.5 Å². The molecule has 3 aromatic rings. The molecule has 1 amide bonds. The second kappa shape index (κ2) is 11.7. The number of hydrogen-bond acceptors (Lipinski definition) is 6. The monoisotopic (exact) mass is 494 g/mol. The number of nitrogens with one attached hydrogen (secondary N) is 1. The predicted octanol–water partition coefficient (Wildman–Crippen LogP) is 5.91. The summed E-state index contributed by atoms with van der Waals surface area (Å²) in [6, 6.07) is 18.8. The molecule has 0 unspecified atom stereocenters. The third kappa shape index (κ3) is 6.29. The van der Waals surface area contributed by atoms with E-state index in [0.29, 0.717) is 17.0 Å². The van der Waals surface area contributed by atoms with E-state index in [0.717, 1.165) is 48.7 Å². The molecule has 2 aromatic carbocycles. The molecule has 0 saturated carbocycles. The van der Waals surface area contributed by atoms with Gasteiger partial charge in [0.05, 0.1) is 12.7 Å². The van der Waals surface area contributed by atoms with Crippen LogP contribution in [0.2, 0.25) is 0 Å². The zero-order valence-corrected chi connectivity index (χ0v) is 21.3. The van der Waals surface area contributed by atoms with Crippen LogP contribution in [0.3, 0.4) is 0 Å². The number of benzene rings is 2. The second-order valence-electron chi connectivity index (χ2n) is 8.46. The van der Waals surface area contributed by atoms with Gasteiger partial charge in [-0.05, 0) is 48.8 Å². The molecule has 2 heterocycles. The molecular formula is C27H30N2O3S2. The van der Waals surface area contributed by atoms with E-state index in [1.54, 1.807) is 11.8 Å². The Bertz CT molecular complexity index is 1130. The normalized spacial score (nSPS) is 13.4. The summed E-state index contributed by atoms with van der Waals surface area (Å²) >= 11 is 3.26. The summed E-state index contributed by atoms with van der Waals surface area (Å²) in [5.41, 5.74) is 4.07. The van der Waals surface area contributed by atoms with Crippen molar-refractivity contribution < 1.29 is 14.3 Å². The number of ether oxygens (including phenoxy) is 1. The Morgan fingerprint density at radius 3 is 2.62 bits per heavy atom. The summed E-state index contributed by atoms with van der Waals surface area (Å²) < 4.78 is 5.06. The average Bonchev–Trinajstić information content (AvgIpc) is 3.20. The number of aryl methyl sites for hydroxylation is 1. The lowest BCUT2D eigenvalue weighted by molar-refractivity contribution is -0.116. The van der Waals surface area contributed by atoms with Crippen LogP contribution in [0, 0.1) is 6.92 Å². The van der Waals surface area contributed by atoms with Crippen molar-refractivity contribution in [2.45, 2.75) is 44.2 Å². The van der Waals surface area contributed by atoms with Gasteiger partial charge in [-0.2, -0.15) is 0 Å². The van der Waals surface area contributed by atoms with Gasteiger partial charge in [0.15, 0.2) is 0 Å². The molecule has 4 rings (SSSR count). The van der Waals surface area contributed by atoms with Crippen LogP contribution < -0.4 is 5.32 Å². The Balaban J connectivity index is 1.36. The Hall–Kier alpha value is -2.61. The van der Waals surface area contributed by atoms with E-state index >= 15 is 0 Å². The number of hydrogen-bond donors (Lipinski definition) is 1. The van der Waals surface area contributed by atoms with Crippen molar-refractivity contribution in [3.63, 3.8) is 0 Å². The SMILES string of the molecule is COC(=O)c1c(NC(=O)CCCSc2ccc(C)cc2)sc2c1CCN(Cc1ccccc1)C2. The minimum Gasteiger partial charge on any atom is -0.465 e. The highest BCUT2D eigenvalue weighted by Crippen LogP contribution is 2.38. The molecule has 0 fully saturated rings. The smallest absolute Gasteiger partial charge is 0.341 e. The predicted molar refractivity (Wildman–Crippen MR) is 140 cm³/mol. The van der Waals surface area contributed by atoms with Crippen molar-refractivity contribution in [3.05, 3.63) is 81.7 Å². The first-order valence-corrected chi connectivity index (χ1v) is 13.3. The van der Waals surface area contributed by atoms with Crippen molar-refractivity contribution in [2.24, 2.45) is 0 Å². The maximum absolute atomic E-state index is 12.7. The number of esters is 1. The zero-order valence-electron chi connectivity index (χ0n) is 19.6. The van der Waals surface area contributed by atoms with Gasteiger partial charge in [0.25, 0.3) is 0 Å². The van der Waals surface area contributed by atoms with Gasteiger partial charge in [-0.1, -0.05) is 48.0 Å². The van der Waals surface area contributed by atoms with Gasteiger partial charge < -0.3 is 10.1 Å². The average molecular weight is 495 g/mol. The fraction of sp³-hybridized carbons (Fsp3) is 0.333.